The van der Waals surface area contributed by atoms with Crippen molar-refractivity contribution < 1.29 is 9.47 Å². The number of ether oxygens (including phenoxy) is 2. The van der Waals surface area contributed by atoms with Crippen molar-refractivity contribution >= 4 is 17.5 Å². The van der Waals surface area contributed by atoms with E-state index in [0.29, 0.717) is 12.6 Å². The molecule has 2 atom stereocenters. The van der Waals surface area contributed by atoms with E-state index in [1.165, 1.54) is 19.5 Å². The average molecular weight is 383 g/mol. The summed E-state index contributed by atoms with van der Waals surface area (Å²) < 4.78 is 11.5. The molecule has 28 heavy (non-hydrogen) atoms. The predicted molar refractivity (Wildman–Crippen MR) is 111 cm³/mol. The summed E-state index contributed by atoms with van der Waals surface area (Å²) in [6, 6.07) is 7.68. The maximum absolute atomic E-state index is 6.03. The fourth-order valence-corrected chi connectivity index (χ4v) is 3.90. The zero-order valence-electron chi connectivity index (χ0n) is 16.9. The maximum atomic E-state index is 6.03. The van der Waals surface area contributed by atoms with Crippen molar-refractivity contribution in [3.05, 3.63) is 30.0 Å². The summed E-state index contributed by atoms with van der Waals surface area (Å²) >= 11 is 0. The molecule has 7 heteroatoms. The molecule has 1 saturated heterocycles. The Morgan fingerprint density at radius 1 is 1.14 bits per heavy atom. The van der Waals surface area contributed by atoms with E-state index in [1.54, 1.807) is 7.11 Å². The molecule has 0 bridgehead atoms. The molecule has 0 spiro atoms. The molecule has 2 aromatic rings. The molecule has 0 amide bonds. The van der Waals surface area contributed by atoms with Crippen LogP contribution in [0.15, 0.2) is 24.3 Å². The van der Waals surface area contributed by atoms with Gasteiger partial charge >= 0.3 is 0 Å². The van der Waals surface area contributed by atoms with Crippen LogP contribution in [0.25, 0.3) is 0 Å². The highest BCUT2D eigenvalue weighted by atomic mass is 16.5. The van der Waals surface area contributed by atoms with E-state index in [4.69, 9.17) is 9.47 Å². The van der Waals surface area contributed by atoms with Crippen molar-refractivity contribution in [2.75, 3.05) is 51.0 Å². The summed E-state index contributed by atoms with van der Waals surface area (Å²) in [4.78, 5) is 11.4. The van der Waals surface area contributed by atoms with Crippen molar-refractivity contribution in [1.29, 1.82) is 0 Å². The predicted octanol–water partition coefficient (Wildman–Crippen LogP) is 3.30. The van der Waals surface area contributed by atoms with E-state index in [1.807, 2.05) is 38.2 Å². The molecule has 0 radical (unpaired) electrons. The van der Waals surface area contributed by atoms with E-state index in [9.17, 15) is 0 Å². The smallest absolute Gasteiger partial charge is 0.229 e. The highest BCUT2D eigenvalue weighted by Crippen LogP contribution is 2.44. The molecule has 4 rings (SSSR count). The topological polar surface area (TPSA) is 71.5 Å². The zero-order valence-corrected chi connectivity index (χ0v) is 16.9. The molecule has 2 fully saturated rings. The van der Waals surface area contributed by atoms with Crippen LogP contribution >= 0.6 is 0 Å². The first-order valence-corrected chi connectivity index (χ1v) is 9.98. The Balaban J connectivity index is 1.35. The number of fused-ring (bicyclic) bond motifs is 1. The average Bonchev–Trinajstić information content (AvgIpc) is 3.30. The summed E-state index contributed by atoms with van der Waals surface area (Å²) in [6.07, 6.45) is 2.47. The standard InChI is InChI=1S/C21H29N5O2/c1-14-9-20(22-2)25-21(23-14)24-17-5-6-18(27-3)19(11-17)28-8-4-7-26-12-15-10-16(15)13-26/h5-6,9,11,15-16H,4,7-8,10,12-13H2,1-3H3,(H2,22,23,24,25). The van der Waals surface area contributed by atoms with Crippen molar-refractivity contribution in [3.8, 4) is 11.5 Å². The third-order valence-corrected chi connectivity index (χ3v) is 5.46. The maximum Gasteiger partial charge on any atom is 0.229 e. The van der Waals surface area contributed by atoms with E-state index >= 15 is 0 Å². The summed E-state index contributed by atoms with van der Waals surface area (Å²) in [6.45, 7) is 6.28. The van der Waals surface area contributed by atoms with Crippen LogP contribution in [-0.4, -0.2) is 55.3 Å². The number of nitrogens with one attached hydrogen (secondary N) is 2. The quantitative estimate of drug-likeness (QED) is 0.644. The highest BCUT2D eigenvalue weighted by molar-refractivity contribution is 5.60. The van der Waals surface area contributed by atoms with Gasteiger partial charge in [0.1, 0.15) is 5.82 Å². The molecule has 1 aliphatic heterocycles. The Bertz CT molecular complexity index is 818. The monoisotopic (exact) mass is 383 g/mol. The van der Waals surface area contributed by atoms with Gasteiger partial charge in [0, 0.05) is 50.2 Å². The molecule has 1 aliphatic carbocycles. The van der Waals surface area contributed by atoms with Gasteiger partial charge in [-0.25, -0.2) is 4.98 Å². The SMILES string of the molecule is CNc1cc(C)nc(Nc2ccc(OC)c(OCCCN3CC4CC4C3)c2)n1. The first-order valence-electron chi connectivity index (χ1n) is 9.98. The minimum absolute atomic E-state index is 0.549. The summed E-state index contributed by atoms with van der Waals surface area (Å²) in [5, 5.41) is 6.30. The van der Waals surface area contributed by atoms with Gasteiger partial charge in [-0.15, -0.1) is 0 Å². The highest BCUT2D eigenvalue weighted by Gasteiger charge is 2.44. The molecule has 1 aromatic heterocycles. The van der Waals surface area contributed by atoms with Crippen LogP contribution in [0.2, 0.25) is 0 Å². The molecule has 1 aromatic carbocycles. The van der Waals surface area contributed by atoms with Gasteiger partial charge in [0.25, 0.3) is 0 Å². The van der Waals surface area contributed by atoms with Gasteiger partial charge in [-0.2, -0.15) is 4.98 Å². The van der Waals surface area contributed by atoms with Crippen LogP contribution in [0.3, 0.4) is 0 Å². The number of benzene rings is 1. The van der Waals surface area contributed by atoms with Gasteiger partial charge in [-0.1, -0.05) is 0 Å². The summed E-state index contributed by atoms with van der Waals surface area (Å²) in [5.74, 6) is 4.76. The normalized spacial score (nSPS) is 20.5. The van der Waals surface area contributed by atoms with Crippen molar-refractivity contribution in [3.63, 3.8) is 0 Å². The first kappa shape index (κ1) is 18.8. The number of piperidine rings is 1. The lowest BCUT2D eigenvalue weighted by molar-refractivity contribution is 0.243. The molecule has 2 aliphatic rings. The number of likely N-dealkylation sites (tertiary alicyclic amines) is 1. The number of aryl methyl sites for hydroxylation is 1. The third-order valence-electron chi connectivity index (χ3n) is 5.46. The van der Waals surface area contributed by atoms with Gasteiger partial charge in [0.15, 0.2) is 11.5 Å². The van der Waals surface area contributed by atoms with Crippen LogP contribution < -0.4 is 20.1 Å². The Hall–Kier alpha value is -2.54. The molecular weight excluding hydrogens is 354 g/mol. The molecule has 7 nitrogen and oxygen atoms in total. The second-order valence-electron chi connectivity index (χ2n) is 7.68. The number of anilines is 3. The van der Waals surface area contributed by atoms with Crippen molar-refractivity contribution in [2.24, 2.45) is 11.8 Å². The van der Waals surface area contributed by atoms with E-state index in [-0.39, 0.29) is 0 Å². The lowest BCUT2D eigenvalue weighted by Gasteiger charge is -2.18. The molecule has 2 unspecified atom stereocenters. The fourth-order valence-electron chi connectivity index (χ4n) is 3.90. The first-order chi connectivity index (χ1) is 13.6. The number of nitrogens with zero attached hydrogens (tertiary/aromatic N) is 3. The third kappa shape index (κ3) is 4.47. The lowest BCUT2D eigenvalue weighted by atomic mass is 10.2. The molecule has 1 saturated carbocycles. The minimum Gasteiger partial charge on any atom is -0.493 e. The van der Waals surface area contributed by atoms with Crippen LogP contribution in [0.4, 0.5) is 17.5 Å². The second-order valence-corrected chi connectivity index (χ2v) is 7.68. The van der Waals surface area contributed by atoms with E-state index in [2.05, 4.69) is 25.5 Å². The van der Waals surface area contributed by atoms with Crippen molar-refractivity contribution in [1.82, 2.24) is 14.9 Å². The van der Waals surface area contributed by atoms with Gasteiger partial charge in [-0.05, 0) is 43.7 Å². The molecule has 150 valence electrons. The number of hydrogen-bond donors (Lipinski definition) is 2. The number of hydrogen-bond acceptors (Lipinski definition) is 7. The minimum atomic E-state index is 0.549. The van der Waals surface area contributed by atoms with Crippen LogP contribution in [-0.2, 0) is 0 Å². The van der Waals surface area contributed by atoms with Crippen LogP contribution in [0.1, 0.15) is 18.5 Å². The summed E-state index contributed by atoms with van der Waals surface area (Å²) in [7, 11) is 3.50. The number of methoxy groups -OCH3 is 1. The van der Waals surface area contributed by atoms with Crippen molar-refractivity contribution in [2.45, 2.75) is 19.8 Å². The van der Waals surface area contributed by atoms with Crippen LogP contribution in [0, 0.1) is 18.8 Å². The Morgan fingerprint density at radius 2 is 1.96 bits per heavy atom. The van der Waals surface area contributed by atoms with E-state index in [0.717, 1.165) is 53.5 Å². The molecule has 2 heterocycles. The Labute approximate surface area is 166 Å². The number of rotatable bonds is 9. The van der Waals surface area contributed by atoms with E-state index < -0.39 is 0 Å². The Kier molecular flexibility index (Phi) is 5.52. The fraction of sp³-hybridized carbons (Fsp3) is 0.524. The largest absolute Gasteiger partial charge is 0.493 e. The van der Waals surface area contributed by atoms with Crippen LogP contribution in [0.5, 0.6) is 11.5 Å². The van der Waals surface area contributed by atoms with Gasteiger partial charge < -0.3 is 25.0 Å². The zero-order chi connectivity index (χ0) is 19.5. The lowest BCUT2D eigenvalue weighted by Crippen LogP contribution is -2.25. The van der Waals surface area contributed by atoms with Gasteiger partial charge in [-0.3, -0.25) is 0 Å². The molecule has 2 N–H and O–H groups in total. The van der Waals surface area contributed by atoms with Gasteiger partial charge in [0.05, 0.1) is 13.7 Å². The molecular formula is C21H29N5O2. The summed E-state index contributed by atoms with van der Waals surface area (Å²) in [5.41, 5.74) is 1.76. The number of aromatic nitrogens is 2. The second kappa shape index (κ2) is 8.22. The Morgan fingerprint density at radius 3 is 2.71 bits per heavy atom. The van der Waals surface area contributed by atoms with Gasteiger partial charge in [0.2, 0.25) is 5.95 Å².